The molecule has 5 nitrogen and oxygen atoms in total. The number of aryl methyl sites for hydroxylation is 1. The maximum Gasteiger partial charge on any atom is 0.213 e. The number of thioether (sulfide) groups is 1. The minimum Gasteiger partial charge on any atom is -0.478 e. The molecule has 0 spiro atoms. The Labute approximate surface area is 304 Å². The molecule has 6 N–H and O–H groups in total. The van der Waals surface area contributed by atoms with Gasteiger partial charge >= 0.3 is 0 Å². The van der Waals surface area contributed by atoms with Gasteiger partial charge < -0.3 is 16.2 Å². The third kappa shape index (κ3) is 17.4. The Morgan fingerprint density at radius 1 is 0.896 bits per heavy atom. The van der Waals surface area contributed by atoms with Crippen LogP contribution < -0.4 is 21.3 Å². The molecule has 0 bridgehead atoms. The van der Waals surface area contributed by atoms with Crippen molar-refractivity contribution in [1.29, 1.82) is 0 Å². The van der Waals surface area contributed by atoms with Crippen molar-refractivity contribution in [1.82, 2.24) is 4.98 Å². The number of hydrogen-bond acceptors (Lipinski definition) is 7. The molecule has 48 heavy (non-hydrogen) atoms. The Hall–Kier alpha value is -2.29. The number of benzene rings is 2. The first-order valence-electron chi connectivity index (χ1n) is 17.8. The molecule has 1 aromatic heterocycles. The van der Waals surface area contributed by atoms with Crippen molar-refractivity contribution in [2.75, 3.05) is 39.0 Å². The molecular formula is C41H70N4OS2. The van der Waals surface area contributed by atoms with Gasteiger partial charge in [-0.3, -0.25) is 5.14 Å². The zero-order valence-corrected chi connectivity index (χ0v) is 34.0. The second kappa shape index (κ2) is 30.7. The van der Waals surface area contributed by atoms with Crippen LogP contribution in [0.4, 0.5) is 0 Å². The maximum atomic E-state index is 5.84. The highest BCUT2D eigenvalue weighted by molar-refractivity contribution is 7.98. The Morgan fingerprint density at radius 3 is 2.00 bits per heavy atom. The van der Waals surface area contributed by atoms with Gasteiger partial charge in [0.05, 0.1) is 6.61 Å². The van der Waals surface area contributed by atoms with Crippen LogP contribution in [-0.4, -0.2) is 44.0 Å². The predicted octanol–water partition coefficient (Wildman–Crippen LogP) is 10.3. The van der Waals surface area contributed by atoms with E-state index in [0.29, 0.717) is 11.8 Å². The quantitative estimate of drug-likeness (QED) is 0.110. The van der Waals surface area contributed by atoms with Gasteiger partial charge in [-0.15, -0.1) is 0 Å². The van der Waals surface area contributed by atoms with Gasteiger partial charge in [0.1, 0.15) is 0 Å². The Bertz CT molecular complexity index is 1220. The van der Waals surface area contributed by atoms with Crippen molar-refractivity contribution in [2.24, 2.45) is 16.6 Å². The summed E-state index contributed by atoms with van der Waals surface area (Å²) in [6, 6.07) is 20.5. The lowest BCUT2D eigenvalue weighted by Crippen LogP contribution is -2.04. The van der Waals surface area contributed by atoms with E-state index in [1.54, 1.807) is 11.1 Å². The maximum absolute atomic E-state index is 5.84. The fraction of sp³-hybridized carbons (Fsp3) is 0.537. The first-order chi connectivity index (χ1) is 23.4. The van der Waals surface area contributed by atoms with Gasteiger partial charge in [-0.1, -0.05) is 121 Å². The van der Waals surface area contributed by atoms with Crippen molar-refractivity contribution in [3.63, 3.8) is 0 Å². The number of allylic oxidation sites excluding steroid dienone is 1. The standard InChI is InChI=1S/C31H35NOS.C3H8.2C2H6.CH5NS.2CH5N/c1-21-18-30(21)24-10-8-23(9-11-24)19-27-12-14-29-26(6-4-7-28(27)29)20-25-13-15-31(32-22(25)2)33-16-5-17-34-3;1-3-2;2*1-2;1-3-2;2*1-2/h4,6-11,13,15,27,30H,1,5,12,14,16-20H2,2-3H3;3H2,1-2H3;2*1-2H3;2H2,1H3;2*2H2,1H3. The van der Waals surface area contributed by atoms with Gasteiger partial charge in [0, 0.05) is 17.7 Å². The van der Waals surface area contributed by atoms with Crippen LogP contribution in [0.15, 0.2) is 66.7 Å². The van der Waals surface area contributed by atoms with E-state index in [0.717, 1.165) is 43.2 Å². The second-order valence-corrected chi connectivity index (χ2v) is 12.2. The van der Waals surface area contributed by atoms with E-state index >= 15 is 0 Å². The third-order valence-electron chi connectivity index (χ3n) is 7.45. The number of nitrogens with zero attached hydrogens (tertiary/aromatic N) is 1. The highest BCUT2D eigenvalue weighted by Gasteiger charge is 2.29. The summed E-state index contributed by atoms with van der Waals surface area (Å²) >= 11 is 3.10. The van der Waals surface area contributed by atoms with Crippen molar-refractivity contribution < 1.29 is 4.74 Å². The van der Waals surface area contributed by atoms with E-state index in [4.69, 9.17) is 14.9 Å². The second-order valence-electron chi connectivity index (χ2n) is 10.8. The van der Waals surface area contributed by atoms with E-state index in [2.05, 4.69) is 93.6 Å². The summed E-state index contributed by atoms with van der Waals surface area (Å²) in [5.74, 6) is 3.10. The number of fused-ring (bicyclic) bond motifs is 1. The van der Waals surface area contributed by atoms with E-state index in [1.807, 2.05) is 51.8 Å². The minimum atomic E-state index is 0.613. The van der Waals surface area contributed by atoms with E-state index in [-0.39, 0.29) is 0 Å². The lowest BCUT2D eigenvalue weighted by Gasteiger charge is -2.15. The summed E-state index contributed by atoms with van der Waals surface area (Å²) < 4.78 is 5.84. The predicted molar refractivity (Wildman–Crippen MR) is 221 cm³/mol. The molecule has 0 aliphatic heterocycles. The molecule has 3 aromatic rings. The summed E-state index contributed by atoms with van der Waals surface area (Å²) in [5, 5.41) is 4.76. The van der Waals surface area contributed by atoms with Crippen LogP contribution in [0.2, 0.25) is 0 Å². The van der Waals surface area contributed by atoms with Crippen molar-refractivity contribution in [3.05, 3.63) is 106 Å². The highest BCUT2D eigenvalue weighted by atomic mass is 32.2. The first-order valence-corrected chi connectivity index (χ1v) is 20.5. The zero-order chi connectivity index (χ0) is 36.9. The average Bonchev–Trinajstić information content (AvgIpc) is 3.73. The van der Waals surface area contributed by atoms with Crippen molar-refractivity contribution >= 4 is 23.7 Å². The van der Waals surface area contributed by atoms with Crippen LogP contribution in [0.5, 0.6) is 5.88 Å². The number of ether oxygens (including phenoxy) is 1. The van der Waals surface area contributed by atoms with E-state index in [1.165, 1.54) is 79.6 Å². The molecule has 0 saturated heterocycles. The third-order valence-corrected chi connectivity index (χ3v) is 8.15. The van der Waals surface area contributed by atoms with Crippen molar-refractivity contribution in [2.45, 2.75) is 105 Å². The lowest BCUT2D eigenvalue weighted by molar-refractivity contribution is 0.306. The molecule has 1 saturated carbocycles. The van der Waals surface area contributed by atoms with Crippen LogP contribution in [-0.2, 0) is 19.3 Å². The molecule has 2 aliphatic rings. The first kappa shape index (κ1) is 47.8. The summed E-state index contributed by atoms with van der Waals surface area (Å²) in [5.41, 5.74) is 20.2. The zero-order valence-electron chi connectivity index (χ0n) is 32.3. The molecule has 0 radical (unpaired) electrons. The summed E-state index contributed by atoms with van der Waals surface area (Å²) in [6.45, 7) is 19.2. The molecule has 7 heteroatoms. The van der Waals surface area contributed by atoms with Gasteiger partial charge in [0.25, 0.3) is 0 Å². The molecule has 0 amide bonds. The Morgan fingerprint density at radius 2 is 1.48 bits per heavy atom. The van der Waals surface area contributed by atoms with Crippen LogP contribution in [0.3, 0.4) is 0 Å². The molecular weight excluding hydrogens is 629 g/mol. The molecule has 272 valence electrons. The largest absolute Gasteiger partial charge is 0.478 e. The summed E-state index contributed by atoms with van der Waals surface area (Å²) in [4.78, 5) is 4.73. The fourth-order valence-corrected chi connectivity index (χ4v) is 5.75. The summed E-state index contributed by atoms with van der Waals surface area (Å²) in [7, 11) is 3.00. The molecule has 2 unspecified atom stereocenters. The fourth-order valence-electron chi connectivity index (χ4n) is 5.34. The topological polar surface area (TPSA) is 100 Å². The summed E-state index contributed by atoms with van der Waals surface area (Å²) in [6.07, 6.45) is 11.9. The lowest BCUT2D eigenvalue weighted by atomic mass is 9.91. The van der Waals surface area contributed by atoms with Gasteiger partial charge in [-0.05, 0) is 117 Å². The van der Waals surface area contributed by atoms with Gasteiger partial charge in [0.2, 0.25) is 5.88 Å². The number of hydrogen-bond donors (Lipinski definition) is 3. The Balaban J connectivity index is 0. The SMILES string of the molecule is C=C1CC1c1ccc(CC2CCc3c(Cc4ccc(OCCCSC)nc4C)cccc32)cc1.CC.CC.CCC.CN.CN.CSN. The minimum absolute atomic E-state index is 0.613. The van der Waals surface area contributed by atoms with Crippen LogP contribution >= 0.6 is 23.7 Å². The van der Waals surface area contributed by atoms with Crippen molar-refractivity contribution in [3.8, 4) is 5.88 Å². The number of rotatable bonds is 10. The molecule has 5 rings (SSSR count). The number of nitrogens with two attached hydrogens (primary N) is 3. The highest BCUT2D eigenvalue weighted by Crippen LogP contribution is 2.45. The van der Waals surface area contributed by atoms with Gasteiger partial charge in [0.15, 0.2) is 0 Å². The van der Waals surface area contributed by atoms with Gasteiger partial charge in [-0.25, -0.2) is 4.98 Å². The Kier molecular flexibility index (Phi) is 30.6. The van der Waals surface area contributed by atoms with E-state index < -0.39 is 0 Å². The number of pyridine rings is 1. The molecule has 1 heterocycles. The molecule has 2 aliphatic carbocycles. The van der Waals surface area contributed by atoms with Crippen LogP contribution in [0.25, 0.3) is 0 Å². The molecule has 2 atom stereocenters. The molecule has 2 aromatic carbocycles. The normalized spacial score (nSPS) is 14.5. The van der Waals surface area contributed by atoms with Crippen LogP contribution in [0.1, 0.15) is 118 Å². The smallest absolute Gasteiger partial charge is 0.213 e. The van der Waals surface area contributed by atoms with Gasteiger partial charge in [-0.2, -0.15) is 11.8 Å². The molecule has 1 fully saturated rings. The monoisotopic (exact) mass is 698 g/mol. The van der Waals surface area contributed by atoms with Crippen LogP contribution in [0, 0.1) is 6.92 Å². The number of aromatic nitrogens is 1. The van der Waals surface area contributed by atoms with E-state index in [9.17, 15) is 0 Å². The average molecular weight is 699 g/mol.